The van der Waals surface area contributed by atoms with Gasteiger partial charge in [-0.2, -0.15) is 0 Å². The highest BCUT2D eigenvalue weighted by Gasteiger charge is 2.36. The Hall–Kier alpha value is -2.44. The summed E-state index contributed by atoms with van der Waals surface area (Å²) >= 11 is 0. The molecule has 0 saturated carbocycles. The van der Waals surface area contributed by atoms with Gasteiger partial charge in [0.1, 0.15) is 5.82 Å². The number of anilines is 1. The van der Waals surface area contributed by atoms with E-state index < -0.39 is 0 Å². The van der Waals surface area contributed by atoms with Crippen molar-refractivity contribution in [2.24, 2.45) is 0 Å². The van der Waals surface area contributed by atoms with E-state index in [4.69, 9.17) is 4.74 Å². The van der Waals surface area contributed by atoms with Gasteiger partial charge in [0.05, 0.1) is 0 Å². The van der Waals surface area contributed by atoms with Gasteiger partial charge in [-0.1, -0.05) is 24.3 Å². The molecule has 0 aliphatic carbocycles. The number of nitrogens with one attached hydrogen (secondary N) is 1. The number of rotatable bonds is 5. The van der Waals surface area contributed by atoms with E-state index in [1.807, 2.05) is 6.07 Å². The van der Waals surface area contributed by atoms with E-state index in [9.17, 15) is 4.79 Å². The zero-order valence-electron chi connectivity index (χ0n) is 18.1. The second kappa shape index (κ2) is 9.14. The molecule has 1 amide bonds. The number of piperazine rings is 1. The van der Waals surface area contributed by atoms with E-state index >= 15 is 0 Å². The number of carbonyl (C=O) groups is 1. The fraction of sp³-hybridized carbons (Fsp3) is 0.500. The highest BCUT2D eigenvalue weighted by molar-refractivity contribution is 5.94. The highest BCUT2D eigenvalue weighted by Crippen LogP contribution is 2.36. The van der Waals surface area contributed by atoms with Crippen LogP contribution in [-0.2, 0) is 10.2 Å². The van der Waals surface area contributed by atoms with Gasteiger partial charge >= 0.3 is 0 Å². The molecule has 2 saturated heterocycles. The summed E-state index contributed by atoms with van der Waals surface area (Å²) in [7, 11) is 2.13. The maximum absolute atomic E-state index is 13.0. The summed E-state index contributed by atoms with van der Waals surface area (Å²) < 4.78 is 5.64. The molecule has 1 aromatic heterocycles. The van der Waals surface area contributed by atoms with Gasteiger partial charge in [0.2, 0.25) is 0 Å². The van der Waals surface area contributed by atoms with Crippen molar-refractivity contribution in [1.29, 1.82) is 0 Å². The maximum Gasteiger partial charge on any atom is 0.251 e. The Morgan fingerprint density at radius 2 is 1.87 bits per heavy atom. The summed E-state index contributed by atoms with van der Waals surface area (Å²) in [6.07, 6.45) is 3.58. The second-order valence-corrected chi connectivity index (χ2v) is 8.58. The SMILES string of the molecule is Cc1ccccc1C1(CNC(=O)c2ccnc(N3CCN(C)CC3)c2)CCOCC1. The first-order chi connectivity index (χ1) is 14.6. The highest BCUT2D eigenvalue weighted by atomic mass is 16.5. The summed E-state index contributed by atoms with van der Waals surface area (Å²) in [6.45, 7) is 8.12. The number of benzene rings is 1. The number of aromatic nitrogens is 1. The zero-order valence-corrected chi connectivity index (χ0v) is 18.1. The third-order valence-corrected chi connectivity index (χ3v) is 6.59. The number of carbonyl (C=O) groups excluding carboxylic acids is 1. The minimum absolute atomic E-state index is 0.0350. The van der Waals surface area contributed by atoms with Gasteiger partial charge in [0.25, 0.3) is 5.91 Å². The van der Waals surface area contributed by atoms with Gasteiger partial charge < -0.3 is 19.9 Å². The number of hydrogen-bond donors (Lipinski definition) is 1. The van der Waals surface area contributed by atoms with Crippen LogP contribution in [0.3, 0.4) is 0 Å². The van der Waals surface area contributed by atoms with Gasteiger partial charge in [-0.05, 0) is 50.1 Å². The number of aryl methyl sites for hydroxylation is 1. The van der Waals surface area contributed by atoms with Crippen molar-refractivity contribution in [3.8, 4) is 0 Å². The Morgan fingerprint density at radius 3 is 2.60 bits per heavy atom. The lowest BCUT2D eigenvalue weighted by molar-refractivity contribution is 0.0485. The molecular weight excluding hydrogens is 376 g/mol. The van der Waals surface area contributed by atoms with E-state index in [0.717, 1.165) is 58.1 Å². The molecule has 3 heterocycles. The van der Waals surface area contributed by atoms with Crippen molar-refractivity contribution >= 4 is 11.7 Å². The van der Waals surface area contributed by atoms with Crippen LogP contribution in [0.5, 0.6) is 0 Å². The number of likely N-dealkylation sites (N-methyl/N-ethyl adjacent to an activating group) is 1. The molecule has 0 unspecified atom stereocenters. The third-order valence-electron chi connectivity index (χ3n) is 6.59. The van der Waals surface area contributed by atoms with Gasteiger partial charge in [-0.3, -0.25) is 4.79 Å². The molecule has 0 radical (unpaired) electrons. The number of pyridine rings is 1. The van der Waals surface area contributed by atoms with E-state index in [0.29, 0.717) is 12.1 Å². The Bertz CT molecular complexity index is 871. The van der Waals surface area contributed by atoms with Crippen LogP contribution >= 0.6 is 0 Å². The lowest BCUT2D eigenvalue weighted by Crippen LogP contribution is -2.45. The van der Waals surface area contributed by atoms with E-state index in [1.54, 1.807) is 12.3 Å². The molecule has 0 spiro atoms. The predicted octanol–water partition coefficient (Wildman–Crippen LogP) is 2.62. The molecule has 0 atom stereocenters. The van der Waals surface area contributed by atoms with Crippen molar-refractivity contribution in [3.05, 3.63) is 59.3 Å². The number of ether oxygens (including phenoxy) is 1. The molecule has 0 bridgehead atoms. The van der Waals surface area contributed by atoms with E-state index in [1.165, 1.54) is 11.1 Å². The summed E-state index contributed by atoms with van der Waals surface area (Å²) in [5, 5.41) is 3.22. The molecule has 2 aromatic rings. The lowest BCUT2D eigenvalue weighted by Gasteiger charge is -2.39. The van der Waals surface area contributed by atoms with Gasteiger partial charge in [0, 0.05) is 63.1 Å². The maximum atomic E-state index is 13.0. The van der Waals surface area contributed by atoms with E-state index in [-0.39, 0.29) is 11.3 Å². The fourth-order valence-corrected chi connectivity index (χ4v) is 4.59. The Balaban J connectivity index is 1.48. The monoisotopic (exact) mass is 408 g/mol. The molecule has 6 nitrogen and oxygen atoms in total. The first kappa shape index (κ1) is 20.8. The Morgan fingerprint density at radius 1 is 1.13 bits per heavy atom. The van der Waals surface area contributed by atoms with Gasteiger partial charge in [0.15, 0.2) is 0 Å². The first-order valence-corrected chi connectivity index (χ1v) is 10.9. The molecule has 30 heavy (non-hydrogen) atoms. The van der Waals surface area contributed by atoms with Crippen LogP contribution in [0.25, 0.3) is 0 Å². The molecule has 1 N–H and O–H groups in total. The second-order valence-electron chi connectivity index (χ2n) is 8.58. The van der Waals surface area contributed by atoms with Crippen molar-refractivity contribution in [2.75, 3.05) is 57.9 Å². The topological polar surface area (TPSA) is 57.7 Å². The normalized spacial score (nSPS) is 19.5. The molecule has 6 heteroatoms. The third kappa shape index (κ3) is 4.50. The summed E-state index contributed by atoms with van der Waals surface area (Å²) in [4.78, 5) is 22.1. The van der Waals surface area contributed by atoms with Crippen molar-refractivity contribution in [1.82, 2.24) is 15.2 Å². The molecular formula is C24H32N4O2. The van der Waals surface area contributed by atoms with Crippen LogP contribution in [0.2, 0.25) is 0 Å². The van der Waals surface area contributed by atoms with Crippen molar-refractivity contribution < 1.29 is 9.53 Å². The van der Waals surface area contributed by atoms with Crippen molar-refractivity contribution in [2.45, 2.75) is 25.2 Å². The number of amides is 1. The summed E-state index contributed by atoms with van der Waals surface area (Å²) in [6, 6.07) is 12.2. The van der Waals surface area contributed by atoms with Gasteiger partial charge in [-0.25, -0.2) is 4.98 Å². The molecule has 1 aromatic carbocycles. The Kier molecular flexibility index (Phi) is 6.35. The van der Waals surface area contributed by atoms with Crippen LogP contribution in [0.1, 0.15) is 34.3 Å². The van der Waals surface area contributed by atoms with Crippen LogP contribution in [0, 0.1) is 6.92 Å². The van der Waals surface area contributed by atoms with E-state index in [2.05, 4.69) is 58.3 Å². The number of hydrogen-bond acceptors (Lipinski definition) is 5. The van der Waals surface area contributed by atoms with Crippen molar-refractivity contribution in [3.63, 3.8) is 0 Å². The van der Waals surface area contributed by atoms with Crippen LogP contribution in [0.4, 0.5) is 5.82 Å². The minimum Gasteiger partial charge on any atom is -0.381 e. The van der Waals surface area contributed by atoms with Gasteiger partial charge in [-0.15, -0.1) is 0 Å². The fourth-order valence-electron chi connectivity index (χ4n) is 4.59. The van der Waals surface area contributed by atoms with Crippen LogP contribution in [0.15, 0.2) is 42.6 Å². The molecule has 2 fully saturated rings. The average molecular weight is 409 g/mol. The minimum atomic E-state index is -0.0768. The zero-order chi connectivity index (χ0) is 21.0. The average Bonchev–Trinajstić information content (AvgIpc) is 2.79. The molecule has 4 rings (SSSR count). The standard InChI is InChI=1S/C24H32N4O2/c1-19-5-3-4-6-21(19)24(8-15-30-16-9-24)18-26-23(29)20-7-10-25-22(17-20)28-13-11-27(2)12-14-28/h3-7,10,17H,8-9,11-16,18H2,1-2H3,(H,26,29). The lowest BCUT2D eigenvalue weighted by atomic mass is 9.72. The molecule has 2 aliphatic heterocycles. The van der Waals surface area contributed by atoms with Crippen LogP contribution < -0.4 is 10.2 Å². The molecule has 160 valence electrons. The Labute approximate surface area is 179 Å². The first-order valence-electron chi connectivity index (χ1n) is 10.9. The number of nitrogens with zero attached hydrogens (tertiary/aromatic N) is 3. The predicted molar refractivity (Wildman–Crippen MR) is 119 cm³/mol. The quantitative estimate of drug-likeness (QED) is 0.824. The largest absolute Gasteiger partial charge is 0.381 e. The summed E-state index contributed by atoms with van der Waals surface area (Å²) in [5.74, 6) is 0.850. The van der Waals surface area contributed by atoms with Crippen LogP contribution in [-0.4, -0.2) is 68.8 Å². The molecule has 2 aliphatic rings. The summed E-state index contributed by atoms with van der Waals surface area (Å²) in [5.41, 5.74) is 3.19. The smallest absolute Gasteiger partial charge is 0.251 e.